The Kier molecular flexibility index (Phi) is 7.02. The van der Waals surface area contributed by atoms with Crippen LogP contribution in [0.3, 0.4) is 0 Å². The highest BCUT2D eigenvalue weighted by Crippen LogP contribution is 2.05. The van der Waals surface area contributed by atoms with E-state index >= 15 is 0 Å². The molecule has 67 valence electrons. The first kappa shape index (κ1) is 11.2. The average Bonchev–Trinajstić information content (AvgIpc) is 2.01. The van der Waals surface area contributed by atoms with Crippen molar-refractivity contribution in [3.8, 4) is 0 Å². The van der Waals surface area contributed by atoms with Crippen molar-refractivity contribution in [2.75, 3.05) is 12.5 Å². The molecule has 0 heterocycles. The smallest absolute Gasteiger partial charge is 0.155 e. The molecule has 2 nitrogen and oxygen atoms in total. The van der Waals surface area contributed by atoms with Crippen LogP contribution >= 0.6 is 11.6 Å². The molecule has 0 aliphatic rings. The van der Waals surface area contributed by atoms with Gasteiger partial charge in [-0.15, -0.1) is 11.6 Å². The Balaban J connectivity index is 3.44. The maximum absolute atomic E-state index is 5.59. The Morgan fingerprint density at radius 1 is 1.55 bits per heavy atom. The van der Waals surface area contributed by atoms with Gasteiger partial charge in [-0.3, -0.25) is 0 Å². The van der Waals surface area contributed by atoms with Gasteiger partial charge in [0.1, 0.15) is 0 Å². The van der Waals surface area contributed by atoms with E-state index in [1.54, 1.807) is 0 Å². The molecule has 0 bridgehead atoms. The number of hydrogen-bond acceptors (Lipinski definition) is 2. The minimum Gasteiger partial charge on any atom is -0.353 e. The third-order valence-corrected chi connectivity index (χ3v) is 1.62. The molecule has 11 heavy (non-hydrogen) atoms. The van der Waals surface area contributed by atoms with Gasteiger partial charge in [-0.1, -0.05) is 6.92 Å². The first-order valence-electron chi connectivity index (χ1n) is 3.86. The Labute approximate surface area is 73.8 Å². The summed E-state index contributed by atoms with van der Waals surface area (Å²) in [5.41, 5.74) is 0. The summed E-state index contributed by atoms with van der Waals surface area (Å²) in [6.07, 6.45) is 0.518. The summed E-state index contributed by atoms with van der Waals surface area (Å²) < 4.78 is 10.5. The summed E-state index contributed by atoms with van der Waals surface area (Å²) >= 11 is 5.59. The van der Waals surface area contributed by atoms with Gasteiger partial charge in [0.25, 0.3) is 0 Å². The van der Waals surface area contributed by atoms with Crippen LogP contribution in [0.15, 0.2) is 0 Å². The maximum atomic E-state index is 5.59. The largest absolute Gasteiger partial charge is 0.353 e. The minimum absolute atomic E-state index is 0.0122. The van der Waals surface area contributed by atoms with Crippen molar-refractivity contribution in [2.45, 2.75) is 32.7 Å². The van der Waals surface area contributed by atoms with Gasteiger partial charge in [-0.05, 0) is 20.3 Å². The third kappa shape index (κ3) is 5.48. The number of ether oxygens (including phenoxy) is 2. The second-order valence-electron chi connectivity index (χ2n) is 2.22. The van der Waals surface area contributed by atoms with E-state index in [9.17, 15) is 0 Å². The molecule has 0 aromatic carbocycles. The number of alkyl halides is 1. The van der Waals surface area contributed by atoms with Crippen molar-refractivity contribution in [2.24, 2.45) is 0 Å². The number of rotatable bonds is 6. The highest BCUT2D eigenvalue weighted by molar-refractivity contribution is 6.18. The van der Waals surface area contributed by atoms with Gasteiger partial charge in [0.15, 0.2) is 6.29 Å². The van der Waals surface area contributed by atoms with Crippen LogP contribution in [0.5, 0.6) is 0 Å². The lowest BCUT2D eigenvalue weighted by molar-refractivity contribution is -0.151. The molecule has 0 fully saturated rings. The van der Waals surface area contributed by atoms with E-state index < -0.39 is 0 Å². The first-order chi connectivity index (χ1) is 5.24. The first-order valence-corrected chi connectivity index (χ1v) is 4.40. The molecule has 0 aromatic heterocycles. The van der Waals surface area contributed by atoms with Crippen LogP contribution in [0.2, 0.25) is 0 Å². The zero-order chi connectivity index (χ0) is 8.69. The minimum atomic E-state index is -0.175. The average molecular weight is 180 g/mol. The quantitative estimate of drug-likeness (QED) is 0.460. The van der Waals surface area contributed by atoms with Gasteiger partial charge in [-0.25, -0.2) is 0 Å². The predicted octanol–water partition coefficient (Wildman–Crippen LogP) is 2.22. The van der Waals surface area contributed by atoms with Crippen molar-refractivity contribution < 1.29 is 9.47 Å². The highest BCUT2D eigenvalue weighted by atomic mass is 35.5. The maximum Gasteiger partial charge on any atom is 0.155 e. The summed E-state index contributed by atoms with van der Waals surface area (Å²) in [6, 6.07) is 0. The van der Waals surface area contributed by atoms with E-state index in [2.05, 4.69) is 6.92 Å². The molecule has 0 aromatic rings. The standard InChI is InChI=1S/C8H16ClO2/c1-4-8(6-9)11-7(3)10-5-2/h7-8H,1,4-6H2,2-3H3/t7?,8-/m0/s1. The molecule has 0 rings (SSSR count). The molecule has 3 heteroatoms. The van der Waals surface area contributed by atoms with Gasteiger partial charge in [-0.2, -0.15) is 0 Å². The van der Waals surface area contributed by atoms with Crippen LogP contribution < -0.4 is 0 Å². The molecule has 0 saturated heterocycles. The van der Waals surface area contributed by atoms with Gasteiger partial charge in [0, 0.05) is 12.5 Å². The van der Waals surface area contributed by atoms with Gasteiger partial charge < -0.3 is 9.47 Å². The fraction of sp³-hybridized carbons (Fsp3) is 0.875. The van der Waals surface area contributed by atoms with E-state index in [0.717, 1.165) is 0 Å². The van der Waals surface area contributed by atoms with Crippen LogP contribution in [0.4, 0.5) is 0 Å². The number of hydrogen-bond donors (Lipinski definition) is 0. The van der Waals surface area contributed by atoms with Gasteiger partial charge in [0.05, 0.1) is 6.10 Å². The summed E-state index contributed by atoms with van der Waals surface area (Å²) in [5.74, 6) is 0.473. The summed E-state index contributed by atoms with van der Waals surface area (Å²) in [7, 11) is 0. The summed E-state index contributed by atoms with van der Waals surface area (Å²) in [5, 5.41) is 0. The molecule has 2 atom stereocenters. The van der Waals surface area contributed by atoms with Crippen LogP contribution in [0.1, 0.15) is 20.3 Å². The Bertz CT molecular complexity index is 84.2. The Morgan fingerprint density at radius 3 is 2.55 bits per heavy atom. The third-order valence-electron chi connectivity index (χ3n) is 1.28. The van der Waals surface area contributed by atoms with Crippen molar-refractivity contribution in [3.63, 3.8) is 0 Å². The van der Waals surface area contributed by atoms with Crippen molar-refractivity contribution in [1.29, 1.82) is 0 Å². The van der Waals surface area contributed by atoms with Crippen LogP contribution in [-0.4, -0.2) is 24.9 Å². The number of halogens is 1. The van der Waals surface area contributed by atoms with Gasteiger partial charge in [0.2, 0.25) is 0 Å². The fourth-order valence-corrected chi connectivity index (χ4v) is 0.954. The Hall–Kier alpha value is 0.210. The molecule has 0 amide bonds. The van der Waals surface area contributed by atoms with Crippen molar-refractivity contribution in [1.82, 2.24) is 0 Å². The predicted molar refractivity (Wildman–Crippen MR) is 46.7 cm³/mol. The van der Waals surface area contributed by atoms with E-state index in [1.165, 1.54) is 0 Å². The monoisotopic (exact) mass is 179 g/mol. The lowest BCUT2D eigenvalue weighted by atomic mass is 10.3. The van der Waals surface area contributed by atoms with E-state index in [4.69, 9.17) is 21.1 Å². The molecular weight excluding hydrogens is 164 g/mol. The molecule has 0 saturated carbocycles. The summed E-state index contributed by atoms with van der Waals surface area (Å²) in [6.45, 7) is 8.16. The Morgan fingerprint density at radius 2 is 2.18 bits per heavy atom. The molecule has 0 aliphatic heterocycles. The fourth-order valence-electron chi connectivity index (χ4n) is 0.727. The topological polar surface area (TPSA) is 18.5 Å². The highest BCUT2D eigenvalue weighted by Gasteiger charge is 2.09. The normalized spacial score (nSPS) is 16.4. The lowest BCUT2D eigenvalue weighted by Gasteiger charge is -2.18. The van der Waals surface area contributed by atoms with Crippen molar-refractivity contribution >= 4 is 11.6 Å². The molecule has 1 radical (unpaired) electrons. The zero-order valence-electron chi connectivity index (χ0n) is 7.18. The van der Waals surface area contributed by atoms with Crippen LogP contribution in [-0.2, 0) is 9.47 Å². The van der Waals surface area contributed by atoms with Crippen LogP contribution in [0.25, 0.3) is 0 Å². The van der Waals surface area contributed by atoms with E-state index in [0.29, 0.717) is 18.9 Å². The molecule has 0 spiro atoms. The SMILES string of the molecule is [CH2]C[C@@H](CCl)OC(C)OCC. The summed E-state index contributed by atoms with van der Waals surface area (Å²) in [4.78, 5) is 0. The van der Waals surface area contributed by atoms with Crippen LogP contribution in [0, 0.1) is 6.92 Å². The molecule has 0 N–H and O–H groups in total. The second kappa shape index (κ2) is 6.89. The van der Waals surface area contributed by atoms with E-state index in [1.807, 2.05) is 13.8 Å². The second-order valence-corrected chi connectivity index (χ2v) is 2.53. The lowest BCUT2D eigenvalue weighted by Crippen LogP contribution is -2.22. The van der Waals surface area contributed by atoms with Gasteiger partial charge >= 0.3 is 0 Å². The molecular formula is C8H16ClO2. The van der Waals surface area contributed by atoms with Crippen molar-refractivity contribution in [3.05, 3.63) is 6.92 Å². The van der Waals surface area contributed by atoms with E-state index in [-0.39, 0.29) is 12.4 Å². The molecule has 0 aliphatic carbocycles. The molecule has 1 unspecified atom stereocenters. The zero-order valence-corrected chi connectivity index (χ0v) is 7.93.